The van der Waals surface area contributed by atoms with E-state index in [1.807, 2.05) is 36.6 Å². The van der Waals surface area contributed by atoms with E-state index >= 15 is 0 Å². The van der Waals surface area contributed by atoms with Crippen molar-refractivity contribution in [3.63, 3.8) is 0 Å². The van der Waals surface area contributed by atoms with Crippen molar-refractivity contribution in [2.75, 3.05) is 23.1 Å². The van der Waals surface area contributed by atoms with E-state index in [0.29, 0.717) is 41.5 Å². The highest BCUT2D eigenvalue weighted by Gasteiger charge is 2.46. The molecule has 1 unspecified atom stereocenters. The van der Waals surface area contributed by atoms with Gasteiger partial charge in [-0.1, -0.05) is 30.3 Å². The molecule has 0 radical (unpaired) electrons. The largest absolute Gasteiger partial charge is 0.480 e. The molecule has 1 aliphatic heterocycles. The van der Waals surface area contributed by atoms with Crippen LogP contribution in [-0.4, -0.2) is 82.9 Å². The Morgan fingerprint density at radius 1 is 1.24 bits per heavy atom. The van der Waals surface area contributed by atoms with Crippen LogP contribution < -0.4 is 11.1 Å². The highest BCUT2D eigenvalue weighted by atomic mass is 32.2. The summed E-state index contributed by atoms with van der Waals surface area (Å²) in [6.45, 7) is 0.563. The molecule has 6 N–H and O–H groups in total. The molecule has 3 heterocycles. The fourth-order valence-electron chi connectivity index (χ4n) is 3.86. The number of nitrogens with two attached hydrogens (primary N) is 1. The van der Waals surface area contributed by atoms with Gasteiger partial charge >= 0.3 is 5.97 Å². The molecule has 182 valence electrons. The lowest BCUT2D eigenvalue weighted by Crippen LogP contribution is -2.37. The van der Waals surface area contributed by atoms with Crippen molar-refractivity contribution in [3.05, 3.63) is 48.5 Å². The van der Waals surface area contributed by atoms with Crippen LogP contribution in [0, 0.1) is 0 Å². The average molecular weight is 490 g/mol. The van der Waals surface area contributed by atoms with Gasteiger partial charge in [-0.3, -0.25) is 9.36 Å². The van der Waals surface area contributed by atoms with E-state index in [1.165, 1.54) is 12.7 Å². The molecule has 2 aromatic heterocycles. The molecule has 1 saturated heterocycles. The van der Waals surface area contributed by atoms with E-state index in [9.17, 15) is 15.0 Å². The molecule has 6 atom stereocenters. The highest BCUT2D eigenvalue weighted by Crippen LogP contribution is 2.33. The number of carbonyl (C=O) groups is 1. The first-order valence-electron chi connectivity index (χ1n) is 10.9. The quantitative estimate of drug-likeness (QED) is 0.246. The monoisotopic (exact) mass is 489 g/mol. The summed E-state index contributed by atoms with van der Waals surface area (Å²) >= 11 is 0. The first-order valence-corrected chi connectivity index (χ1v) is 12.9. The Labute approximate surface area is 199 Å². The molecule has 0 amide bonds. The molecule has 0 bridgehead atoms. The second kappa shape index (κ2) is 10.7. The summed E-state index contributed by atoms with van der Waals surface area (Å²) < 4.78 is 7.64. The number of carboxylic acids is 1. The van der Waals surface area contributed by atoms with E-state index in [4.69, 9.17) is 15.6 Å². The molecule has 12 heteroatoms. The minimum atomic E-state index is -1.17. The van der Waals surface area contributed by atoms with E-state index < -0.39 is 36.6 Å². The third-order valence-electron chi connectivity index (χ3n) is 5.82. The Kier molecular flexibility index (Phi) is 7.63. The topological polar surface area (TPSA) is 169 Å². The van der Waals surface area contributed by atoms with Gasteiger partial charge in [0.05, 0.1) is 12.6 Å². The van der Waals surface area contributed by atoms with Gasteiger partial charge in [0.15, 0.2) is 23.2 Å². The average Bonchev–Trinajstić information content (AvgIpc) is 3.38. The number of rotatable bonds is 10. The number of carboxylic acid groups (broad SMARTS) is 1. The number of aliphatic carboxylic acids is 1. The molecule has 11 nitrogen and oxygen atoms in total. The van der Waals surface area contributed by atoms with Crippen LogP contribution in [0.15, 0.2) is 43.0 Å². The van der Waals surface area contributed by atoms with Gasteiger partial charge in [-0.05, 0) is 16.5 Å². The van der Waals surface area contributed by atoms with Crippen molar-refractivity contribution in [3.8, 4) is 0 Å². The van der Waals surface area contributed by atoms with E-state index in [1.54, 1.807) is 4.57 Å². The first kappa shape index (κ1) is 24.4. The molecular formula is C22H29N6O5S+. The Morgan fingerprint density at radius 2 is 2.00 bits per heavy atom. The second-order valence-electron chi connectivity index (χ2n) is 8.32. The predicted octanol–water partition coefficient (Wildman–Crippen LogP) is 0.108. The van der Waals surface area contributed by atoms with E-state index in [2.05, 4.69) is 20.3 Å². The van der Waals surface area contributed by atoms with Crippen LogP contribution in [0.4, 0.5) is 5.82 Å². The van der Waals surface area contributed by atoms with E-state index in [0.717, 1.165) is 5.56 Å². The molecule has 0 aliphatic carbocycles. The Hall–Kier alpha value is -2.77. The van der Waals surface area contributed by atoms with Crippen LogP contribution in [0.25, 0.3) is 11.2 Å². The van der Waals surface area contributed by atoms with Crippen LogP contribution in [0.1, 0.15) is 18.2 Å². The molecule has 0 spiro atoms. The van der Waals surface area contributed by atoms with Crippen molar-refractivity contribution in [1.82, 2.24) is 19.5 Å². The molecule has 34 heavy (non-hydrogen) atoms. The summed E-state index contributed by atoms with van der Waals surface area (Å²) in [7, 11) is -0.246. The number of hydrogen-bond acceptors (Lipinski definition) is 9. The van der Waals surface area contributed by atoms with Crippen molar-refractivity contribution in [2.45, 2.75) is 43.5 Å². The van der Waals surface area contributed by atoms with Gasteiger partial charge in [-0.2, -0.15) is 0 Å². The molecular weight excluding hydrogens is 460 g/mol. The number of benzene rings is 1. The predicted molar refractivity (Wildman–Crippen MR) is 128 cm³/mol. The summed E-state index contributed by atoms with van der Waals surface area (Å²) in [6, 6.07) is 8.98. The van der Waals surface area contributed by atoms with Gasteiger partial charge in [0, 0.05) is 13.0 Å². The van der Waals surface area contributed by atoms with Crippen LogP contribution in [0.2, 0.25) is 0 Å². The fraction of sp³-hybridized carbons (Fsp3) is 0.455. The molecule has 3 aromatic rings. The number of aromatic nitrogens is 4. The Balaban J connectivity index is 1.44. The number of aliphatic hydroxyl groups is 2. The number of fused-ring (bicyclic) bond motifs is 1. The number of aliphatic hydroxyl groups excluding tert-OH is 2. The standard InChI is InChI=1S/C22H28N6O5S/c1-34(8-7-14(23)22(31)32)10-15-17(29)18(30)21(33-15)28-12-27-16-19(25-11-26-20(16)28)24-9-13-5-3-2-4-6-13/h2-6,11-12,14-15,17-18,21,29-30H,7-10,23H2,1H3,(H-,24,25,26,31,32)/p+1/t14-,15+,17+,18+,21+,34?/m0/s1. The van der Waals surface area contributed by atoms with Gasteiger partial charge < -0.3 is 31.1 Å². The summed E-state index contributed by atoms with van der Waals surface area (Å²) in [5.74, 6) is 0.601. The Bertz CT molecular complexity index is 1120. The minimum absolute atomic E-state index is 0.246. The normalized spacial score (nSPS) is 24.2. The van der Waals surface area contributed by atoms with Crippen LogP contribution in [0.3, 0.4) is 0 Å². The number of hydrogen-bond donors (Lipinski definition) is 5. The fourth-order valence-corrected chi connectivity index (χ4v) is 5.52. The lowest BCUT2D eigenvalue weighted by Gasteiger charge is -2.16. The third-order valence-corrected chi connectivity index (χ3v) is 7.65. The smallest absolute Gasteiger partial charge is 0.320 e. The number of nitrogens with zero attached hydrogens (tertiary/aromatic N) is 4. The third kappa shape index (κ3) is 5.31. The summed E-state index contributed by atoms with van der Waals surface area (Å²) in [5.41, 5.74) is 7.69. The van der Waals surface area contributed by atoms with Crippen LogP contribution in [0.5, 0.6) is 0 Å². The van der Waals surface area contributed by atoms with Gasteiger partial charge in [-0.15, -0.1) is 0 Å². The maximum Gasteiger partial charge on any atom is 0.320 e. The van der Waals surface area contributed by atoms with Crippen molar-refractivity contribution >= 4 is 33.8 Å². The number of imidazole rings is 1. The zero-order chi connectivity index (χ0) is 24.2. The Morgan fingerprint density at radius 3 is 2.74 bits per heavy atom. The number of anilines is 1. The lowest BCUT2D eigenvalue weighted by atomic mass is 10.1. The minimum Gasteiger partial charge on any atom is -0.480 e. The van der Waals surface area contributed by atoms with Gasteiger partial charge in [-0.25, -0.2) is 15.0 Å². The molecule has 1 aliphatic rings. The van der Waals surface area contributed by atoms with Crippen LogP contribution in [-0.2, 0) is 27.0 Å². The lowest BCUT2D eigenvalue weighted by molar-refractivity contribution is -0.138. The zero-order valence-corrected chi connectivity index (χ0v) is 19.5. The van der Waals surface area contributed by atoms with Crippen molar-refractivity contribution in [1.29, 1.82) is 0 Å². The summed E-state index contributed by atoms with van der Waals surface area (Å²) in [4.78, 5) is 24.0. The number of nitrogens with one attached hydrogen (secondary N) is 1. The number of ether oxygens (including phenoxy) is 1. The summed E-state index contributed by atoms with van der Waals surface area (Å²) in [5, 5.41) is 33.5. The van der Waals surface area contributed by atoms with E-state index in [-0.39, 0.29) is 10.9 Å². The molecule has 0 saturated carbocycles. The van der Waals surface area contributed by atoms with Crippen molar-refractivity contribution in [2.24, 2.45) is 5.73 Å². The first-order chi connectivity index (χ1) is 16.3. The van der Waals surface area contributed by atoms with Gasteiger partial charge in [0.1, 0.15) is 42.2 Å². The van der Waals surface area contributed by atoms with Gasteiger partial charge in [0.25, 0.3) is 0 Å². The maximum absolute atomic E-state index is 10.9. The summed E-state index contributed by atoms with van der Waals surface area (Å²) in [6.07, 6.45) is 1.51. The molecule has 1 aromatic carbocycles. The maximum atomic E-state index is 10.9. The highest BCUT2D eigenvalue weighted by molar-refractivity contribution is 7.96. The molecule has 4 rings (SSSR count). The zero-order valence-electron chi connectivity index (χ0n) is 18.7. The van der Waals surface area contributed by atoms with Crippen LogP contribution >= 0.6 is 0 Å². The second-order valence-corrected chi connectivity index (χ2v) is 10.6. The van der Waals surface area contributed by atoms with Crippen molar-refractivity contribution < 1.29 is 24.9 Å². The molecule has 1 fully saturated rings. The SMILES string of the molecule is C[S+](CC[C@H](N)C(=O)O)C[C@H]1O[C@@H](n2cnc3c(NCc4ccccc4)ncnc32)[C@H](O)[C@@H]1O. The van der Waals surface area contributed by atoms with Gasteiger partial charge in [0.2, 0.25) is 0 Å².